The van der Waals surface area contributed by atoms with Crippen LogP contribution in [0.4, 0.5) is 5.69 Å². The maximum absolute atomic E-state index is 12.4. The first-order valence-electron chi connectivity index (χ1n) is 9.76. The van der Waals surface area contributed by atoms with Crippen molar-refractivity contribution in [1.29, 1.82) is 0 Å². The van der Waals surface area contributed by atoms with Gasteiger partial charge in [-0.2, -0.15) is 0 Å². The van der Waals surface area contributed by atoms with Crippen molar-refractivity contribution in [3.05, 3.63) is 54.1 Å². The summed E-state index contributed by atoms with van der Waals surface area (Å²) in [5, 5.41) is 2.88. The minimum absolute atomic E-state index is 0.255. The number of carbonyl (C=O) groups excluding carboxylic acids is 1. The minimum Gasteiger partial charge on any atom is -0.497 e. The number of anilines is 1. The van der Waals surface area contributed by atoms with E-state index in [-0.39, 0.29) is 5.91 Å². The van der Waals surface area contributed by atoms with Crippen LogP contribution in [0, 0.1) is 0 Å². The SMILES string of the molecule is CCN(CC)CCOc1ccccc1NC(=O)/C=C/c1cc(OC)ccc1OC. The summed E-state index contributed by atoms with van der Waals surface area (Å²) in [7, 11) is 3.18. The highest BCUT2D eigenvalue weighted by atomic mass is 16.5. The number of methoxy groups -OCH3 is 2. The first-order valence-corrected chi connectivity index (χ1v) is 9.76. The van der Waals surface area contributed by atoms with Crippen molar-refractivity contribution in [2.45, 2.75) is 13.8 Å². The lowest BCUT2D eigenvalue weighted by molar-refractivity contribution is -0.111. The van der Waals surface area contributed by atoms with E-state index in [1.165, 1.54) is 6.08 Å². The number of benzene rings is 2. The highest BCUT2D eigenvalue weighted by molar-refractivity contribution is 6.03. The van der Waals surface area contributed by atoms with Gasteiger partial charge in [0.2, 0.25) is 5.91 Å². The summed E-state index contributed by atoms with van der Waals surface area (Å²) >= 11 is 0. The topological polar surface area (TPSA) is 60.0 Å². The molecule has 0 aliphatic carbocycles. The second kappa shape index (κ2) is 11.8. The van der Waals surface area contributed by atoms with E-state index in [2.05, 4.69) is 24.1 Å². The Labute approximate surface area is 173 Å². The zero-order valence-electron chi connectivity index (χ0n) is 17.6. The molecular weight excluding hydrogens is 368 g/mol. The number of carbonyl (C=O) groups is 1. The molecule has 0 saturated heterocycles. The van der Waals surface area contributed by atoms with E-state index in [0.29, 0.717) is 29.5 Å². The number of hydrogen-bond donors (Lipinski definition) is 1. The summed E-state index contributed by atoms with van der Waals surface area (Å²) in [6.07, 6.45) is 3.16. The number of para-hydroxylation sites is 2. The quantitative estimate of drug-likeness (QED) is 0.578. The van der Waals surface area contributed by atoms with Gasteiger partial charge >= 0.3 is 0 Å². The molecule has 0 saturated carbocycles. The van der Waals surface area contributed by atoms with Gasteiger partial charge < -0.3 is 24.4 Å². The fraction of sp³-hybridized carbons (Fsp3) is 0.348. The number of nitrogens with zero attached hydrogens (tertiary/aromatic N) is 1. The molecule has 0 heterocycles. The molecule has 2 aromatic rings. The predicted molar refractivity (Wildman–Crippen MR) is 117 cm³/mol. The van der Waals surface area contributed by atoms with Crippen LogP contribution < -0.4 is 19.5 Å². The molecule has 0 spiro atoms. The summed E-state index contributed by atoms with van der Waals surface area (Å²) in [6, 6.07) is 12.8. The Hall–Kier alpha value is -2.99. The van der Waals surface area contributed by atoms with Crippen molar-refractivity contribution in [2.75, 3.05) is 45.8 Å². The molecule has 0 unspecified atom stereocenters. The van der Waals surface area contributed by atoms with Gasteiger partial charge in [-0.1, -0.05) is 26.0 Å². The van der Waals surface area contributed by atoms with Crippen LogP contribution in [0.2, 0.25) is 0 Å². The van der Waals surface area contributed by atoms with Gasteiger partial charge in [0.1, 0.15) is 23.9 Å². The average molecular weight is 399 g/mol. The second-order valence-corrected chi connectivity index (χ2v) is 6.30. The van der Waals surface area contributed by atoms with Crippen LogP contribution in [-0.4, -0.2) is 51.3 Å². The minimum atomic E-state index is -0.255. The molecule has 6 heteroatoms. The zero-order chi connectivity index (χ0) is 21.1. The lowest BCUT2D eigenvalue weighted by atomic mass is 10.1. The highest BCUT2D eigenvalue weighted by Crippen LogP contribution is 2.26. The van der Waals surface area contributed by atoms with Crippen LogP contribution in [0.1, 0.15) is 19.4 Å². The maximum atomic E-state index is 12.4. The molecule has 0 aliphatic heterocycles. The van der Waals surface area contributed by atoms with Crippen molar-refractivity contribution >= 4 is 17.7 Å². The van der Waals surface area contributed by atoms with Crippen molar-refractivity contribution in [3.8, 4) is 17.2 Å². The van der Waals surface area contributed by atoms with E-state index in [1.807, 2.05) is 36.4 Å². The number of likely N-dealkylation sites (N-methyl/N-ethyl adjacent to an activating group) is 1. The molecule has 2 rings (SSSR count). The fourth-order valence-electron chi connectivity index (χ4n) is 2.83. The van der Waals surface area contributed by atoms with Crippen LogP contribution in [0.3, 0.4) is 0 Å². The molecule has 0 atom stereocenters. The van der Waals surface area contributed by atoms with E-state index >= 15 is 0 Å². The van der Waals surface area contributed by atoms with Gasteiger partial charge in [0.25, 0.3) is 0 Å². The summed E-state index contributed by atoms with van der Waals surface area (Å²) in [5.41, 5.74) is 1.39. The van der Waals surface area contributed by atoms with Gasteiger partial charge in [-0.3, -0.25) is 4.79 Å². The van der Waals surface area contributed by atoms with Gasteiger partial charge in [-0.25, -0.2) is 0 Å². The molecular formula is C23H30N2O4. The third kappa shape index (κ3) is 6.84. The standard InChI is InChI=1S/C23H30N2O4/c1-5-25(6-2)15-16-29-22-10-8-7-9-20(22)24-23(26)14-11-18-17-19(27-3)12-13-21(18)28-4/h7-14,17H,5-6,15-16H2,1-4H3,(H,24,26)/b14-11+. The Bertz CT molecular complexity index is 816. The third-order valence-corrected chi connectivity index (χ3v) is 4.56. The van der Waals surface area contributed by atoms with E-state index in [4.69, 9.17) is 14.2 Å². The number of nitrogens with one attached hydrogen (secondary N) is 1. The van der Waals surface area contributed by atoms with Crippen molar-refractivity contribution in [2.24, 2.45) is 0 Å². The summed E-state index contributed by atoms with van der Waals surface area (Å²) in [5.74, 6) is 1.75. The van der Waals surface area contributed by atoms with Crippen molar-refractivity contribution in [1.82, 2.24) is 4.90 Å². The lowest BCUT2D eigenvalue weighted by Gasteiger charge is -2.19. The number of amides is 1. The highest BCUT2D eigenvalue weighted by Gasteiger charge is 2.08. The van der Waals surface area contributed by atoms with E-state index in [0.717, 1.165) is 25.2 Å². The molecule has 1 N–H and O–H groups in total. The lowest BCUT2D eigenvalue weighted by Crippen LogP contribution is -2.28. The van der Waals surface area contributed by atoms with E-state index in [9.17, 15) is 4.79 Å². The van der Waals surface area contributed by atoms with Crippen LogP contribution in [0.5, 0.6) is 17.2 Å². The van der Waals surface area contributed by atoms with Crippen LogP contribution in [0.15, 0.2) is 48.5 Å². The molecule has 0 aliphatic rings. The molecule has 6 nitrogen and oxygen atoms in total. The first kappa shape index (κ1) is 22.3. The predicted octanol–water partition coefficient (Wildman–Crippen LogP) is 4.08. The Morgan fingerprint density at radius 3 is 2.48 bits per heavy atom. The molecule has 0 radical (unpaired) electrons. The summed E-state index contributed by atoms with van der Waals surface area (Å²) < 4.78 is 16.5. The number of ether oxygens (including phenoxy) is 3. The van der Waals surface area contributed by atoms with Gasteiger partial charge in [0.05, 0.1) is 19.9 Å². The number of hydrogen-bond acceptors (Lipinski definition) is 5. The molecule has 2 aromatic carbocycles. The van der Waals surface area contributed by atoms with Gasteiger partial charge in [-0.15, -0.1) is 0 Å². The van der Waals surface area contributed by atoms with Gasteiger partial charge in [0, 0.05) is 18.2 Å². The monoisotopic (exact) mass is 398 g/mol. The molecule has 1 amide bonds. The normalized spacial score (nSPS) is 10.9. The molecule has 0 bridgehead atoms. The summed E-state index contributed by atoms with van der Waals surface area (Å²) in [4.78, 5) is 14.7. The fourth-order valence-corrected chi connectivity index (χ4v) is 2.83. The van der Waals surface area contributed by atoms with Crippen LogP contribution in [0.25, 0.3) is 6.08 Å². The molecule has 0 fully saturated rings. The molecule has 0 aromatic heterocycles. The van der Waals surface area contributed by atoms with E-state index < -0.39 is 0 Å². The Kier molecular flexibility index (Phi) is 9.05. The average Bonchev–Trinajstić information content (AvgIpc) is 2.76. The summed E-state index contributed by atoms with van der Waals surface area (Å²) in [6.45, 7) is 7.62. The smallest absolute Gasteiger partial charge is 0.248 e. The van der Waals surface area contributed by atoms with Crippen molar-refractivity contribution < 1.29 is 19.0 Å². The maximum Gasteiger partial charge on any atom is 0.248 e. The van der Waals surface area contributed by atoms with Crippen LogP contribution >= 0.6 is 0 Å². The number of rotatable bonds is 11. The third-order valence-electron chi connectivity index (χ3n) is 4.56. The molecule has 156 valence electrons. The largest absolute Gasteiger partial charge is 0.497 e. The molecule has 29 heavy (non-hydrogen) atoms. The van der Waals surface area contributed by atoms with Gasteiger partial charge in [0.15, 0.2) is 0 Å². The Morgan fingerprint density at radius 1 is 1.03 bits per heavy atom. The second-order valence-electron chi connectivity index (χ2n) is 6.30. The van der Waals surface area contributed by atoms with E-state index in [1.54, 1.807) is 26.4 Å². The van der Waals surface area contributed by atoms with Gasteiger partial charge in [-0.05, 0) is 49.5 Å². The van der Waals surface area contributed by atoms with Crippen LogP contribution in [-0.2, 0) is 4.79 Å². The first-order chi connectivity index (χ1) is 14.1. The Balaban J connectivity index is 2.03. The Morgan fingerprint density at radius 2 is 1.79 bits per heavy atom. The zero-order valence-corrected chi connectivity index (χ0v) is 17.6. The van der Waals surface area contributed by atoms with Crippen molar-refractivity contribution in [3.63, 3.8) is 0 Å².